The second kappa shape index (κ2) is 5.31. The van der Waals surface area contributed by atoms with E-state index in [4.69, 9.17) is 4.74 Å². The predicted octanol–water partition coefficient (Wildman–Crippen LogP) is 1.88. The molecule has 0 aromatic carbocycles. The van der Waals surface area contributed by atoms with Crippen molar-refractivity contribution in [3.8, 4) is 0 Å². The molecule has 1 N–H and O–H groups in total. The van der Waals surface area contributed by atoms with E-state index in [0.29, 0.717) is 18.1 Å². The predicted molar refractivity (Wildman–Crippen MR) is 60.6 cm³/mol. The Morgan fingerprint density at radius 3 is 2.93 bits per heavy atom. The number of ether oxygens (including phenoxy) is 1. The number of hydrogen-bond donors (Lipinski definition) is 1. The van der Waals surface area contributed by atoms with Crippen molar-refractivity contribution in [3.05, 3.63) is 12.7 Å². The van der Waals surface area contributed by atoms with Crippen LogP contribution in [-0.2, 0) is 9.53 Å². The second-order valence-corrected chi connectivity index (χ2v) is 4.92. The van der Waals surface area contributed by atoms with Gasteiger partial charge in [0.2, 0.25) is 5.91 Å². The molecule has 86 valence electrons. The SMILES string of the molecule is C=CC(=O)NCCC1CCC(C)(C)CO1. The molecular formula is C12H21NO2. The smallest absolute Gasteiger partial charge is 0.243 e. The Kier molecular flexibility index (Phi) is 4.33. The van der Waals surface area contributed by atoms with Crippen LogP contribution in [0.15, 0.2) is 12.7 Å². The first-order valence-corrected chi connectivity index (χ1v) is 5.55. The van der Waals surface area contributed by atoms with E-state index in [1.807, 2.05) is 0 Å². The molecule has 3 nitrogen and oxygen atoms in total. The van der Waals surface area contributed by atoms with Crippen LogP contribution in [-0.4, -0.2) is 25.2 Å². The molecule has 1 heterocycles. The highest BCUT2D eigenvalue weighted by Crippen LogP contribution is 2.30. The standard InChI is InChI=1S/C12H21NO2/c1-4-11(14)13-8-6-10-5-7-12(2,3)9-15-10/h4,10H,1,5-9H2,2-3H3,(H,13,14). The molecule has 1 unspecified atom stereocenters. The van der Waals surface area contributed by atoms with Crippen LogP contribution in [0.3, 0.4) is 0 Å². The first-order chi connectivity index (χ1) is 7.03. The zero-order chi connectivity index (χ0) is 11.3. The molecular weight excluding hydrogens is 190 g/mol. The van der Waals surface area contributed by atoms with Crippen LogP contribution >= 0.6 is 0 Å². The van der Waals surface area contributed by atoms with Crippen LogP contribution in [0.25, 0.3) is 0 Å². The van der Waals surface area contributed by atoms with E-state index in [9.17, 15) is 4.79 Å². The van der Waals surface area contributed by atoms with Gasteiger partial charge in [-0.3, -0.25) is 4.79 Å². The first-order valence-electron chi connectivity index (χ1n) is 5.55. The van der Waals surface area contributed by atoms with Gasteiger partial charge in [0.25, 0.3) is 0 Å². The van der Waals surface area contributed by atoms with E-state index in [2.05, 4.69) is 25.7 Å². The van der Waals surface area contributed by atoms with Crippen molar-refractivity contribution >= 4 is 5.91 Å². The van der Waals surface area contributed by atoms with E-state index < -0.39 is 0 Å². The normalized spacial score (nSPS) is 24.5. The van der Waals surface area contributed by atoms with Gasteiger partial charge in [-0.1, -0.05) is 20.4 Å². The molecule has 0 spiro atoms. The summed E-state index contributed by atoms with van der Waals surface area (Å²) in [6.45, 7) is 9.35. The first kappa shape index (κ1) is 12.2. The van der Waals surface area contributed by atoms with Gasteiger partial charge in [-0.2, -0.15) is 0 Å². The third-order valence-corrected chi connectivity index (χ3v) is 2.80. The Bertz CT molecular complexity index is 226. The Labute approximate surface area is 91.9 Å². The summed E-state index contributed by atoms with van der Waals surface area (Å²) in [6, 6.07) is 0. The topological polar surface area (TPSA) is 38.3 Å². The van der Waals surface area contributed by atoms with Crippen molar-refractivity contribution in [2.75, 3.05) is 13.2 Å². The van der Waals surface area contributed by atoms with E-state index in [1.54, 1.807) is 0 Å². The Balaban J connectivity index is 2.14. The van der Waals surface area contributed by atoms with Crippen LogP contribution < -0.4 is 5.32 Å². The summed E-state index contributed by atoms with van der Waals surface area (Å²) in [6.07, 6.45) is 4.80. The Morgan fingerprint density at radius 1 is 1.67 bits per heavy atom. The third-order valence-electron chi connectivity index (χ3n) is 2.80. The van der Waals surface area contributed by atoms with Crippen LogP contribution in [0.2, 0.25) is 0 Å². The molecule has 3 heteroatoms. The number of carbonyl (C=O) groups excluding carboxylic acids is 1. The van der Waals surface area contributed by atoms with Crippen LogP contribution in [0.5, 0.6) is 0 Å². The molecule has 15 heavy (non-hydrogen) atoms. The lowest BCUT2D eigenvalue weighted by molar-refractivity contribution is -0.116. The average Bonchev–Trinajstić information content (AvgIpc) is 2.20. The monoisotopic (exact) mass is 211 g/mol. The van der Waals surface area contributed by atoms with Gasteiger partial charge >= 0.3 is 0 Å². The Hall–Kier alpha value is -0.830. The summed E-state index contributed by atoms with van der Waals surface area (Å²) in [5, 5.41) is 2.76. The van der Waals surface area contributed by atoms with Crippen molar-refractivity contribution < 1.29 is 9.53 Å². The quantitative estimate of drug-likeness (QED) is 0.721. The highest BCUT2D eigenvalue weighted by Gasteiger charge is 2.27. The molecule has 0 aliphatic carbocycles. The molecule has 0 radical (unpaired) electrons. The summed E-state index contributed by atoms with van der Waals surface area (Å²) in [5.74, 6) is -0.105. The van der Waals surface area contributed by atoms with Gasteiger partial charge in [-0.15, -0.1) is 0 Å². The molecule has 0 aromatic heterocycles. The lowest BCUT2D eigenvalue weighted by atomic mass is 9.85. The molecule has 0 aromatic rings. The van der Waals surface area contributed by atoms with Gasteiger partial charge in [0.1, 0.15) is 0 Å². The van der Waals surface area contributed by atoms with Crippen molar-refractivity contribution in [1.29, 1.82) is 0 Å². The lowest BCUT2D eigenvalue weighted by Crippen LogP contribution is -2.34. The largest absolute Gasteiger partial charge is 0.378 e. The number of carbonyl (C=O) groups is 1. The minimum absolute atomic E-state index is 0.105. The lowest BCUT2D eigenvalue weighted by Gasteiger charge is -2.34. The highest BCUT2D eigenvalue weighted by atomic mass is 16.5. The maximum Gasteiger partial charge on any atom is 0.243 e. The average molecular weight is 211 g/mol. The third kappa shape index (κ3) is 4.47. The van der Waals surface area contributed by atoms with E-state index in [0.717, 1.165) is 19.4 Å². The van der Waals surface area contributed by atoms with E-state index >= 15 is 0 Å². The van der Waals surface area contributed by atoms with Crippen molar-refractivity contribution in [1.82, 2.24) is 5.32 Å². The summed E-state index contributed by atoms with van der Waals surface area (Å²) >= 11 is 0. The Morgan fingerprint density at radius 2 is 2.40 bits per heavy atom. The molecule has 1 amide bonds. The summed E-state index contributed by atoms with van der Waals surface area (Å²) in [5.41, 5.74) is 0.320. The summed E-state index contributed by atoms with van der Waals surface area (Å²) < 4.78 is 5.73. The molecule has 1 aliphatic rings. The molecule has 1 rings (SSSR count). The van der Waals surface area contributed by atoms with Gasteiger partial charge in [0.15, 0.2) is 0 Å². The molecule has 0 saturated carbocycles. The summed E-state index contributed by atoms with van der Waals surface area (Å²) in [4.78, 5) is 10.9. The maximum atomic E-state index is 10.9. The van der Waals surface area contributed by atoms with Crippen LogP contribution in [0.4, 0.5) is 0 Å². The van der Waals surface area contributed by atoms with Crippen molar-refractivity contribution in [3.63, 3.8) is 0 Å². The molecule has 1 saturated heterocycles. The fourth-order valence-corrected chi connectivity index (χ4v) is 1.71. The number of hydrogen-bond acceptors (Lipinski definition) is 2. The van der Waals surface area contributed by atoms with Crippen molar-refractivity contribution in [2.24, 2.45) is 5.41 Å². The fourth-order valence-electron chi connectivity index (χ4n) is 1.71. The maximum absolute atomic E-state index is 10.9. The minimum atomic E-state index is -0.105. The summed E-state index contributed by atoms with van der Waals surface area (Å²) in [7, 11) is 0. The van der Waals surface area contributed by atoms with E-state index in [-0.39, 0.29) is 5.91 Å². The molecule has 1 fully saturated rings. The van der Waals surface area contributed by atoms with Gasteiger partial charge in [-0.05, 0) is 30.8 Å². The van der Waals surface area contributed by atoms with Gasteiger partial charge in [0.05, 0.1) is 12.7 Å². The molecule has 1 aliphatic heterocycles. The van der Waals surface area contributed by atoms with Gasteiger partial charge < -0.3 is 10.1 Å². The molecule has 1 atom stereocenters. The number of amides is 1. The number of rotatable bonds is 4. The molecule has 0 bridgehead atoms. The zero-order valence-electron chi connectivity index (χ0n) is 9.71. The second-order valence-electron chi connectivity index (χ2n) is 4.92. The van der Waals surface area contributed by atoms with Crippen LogP contribution in [0, 0.1) is 5.41 Å². The van der Waals surface area contributed by atoms with Crippen molar-refractivity contribution in [2.45, 2.75) is 39.2 Å². The van der Waals surface area contributed by atoms with Gasteiger partial charge in [-0.25, -0.2) is 0 Å². The van der Waals surface area contributed by atoms with E-state index in [1.165, 1.54) is 12.5 Å². The van der Waals surface area contributed by atoms with Crippen LogP contribution in [0.1, 0.15) is 33.1 Å². The minimum Gasteiger partial charge on any atom is -0.378 e. The fraction of sp³-hybridized carbons (Fsp3) is 0.750. The van der Waals surface area contributed by atoms with Gasteiger partial charge in [0, 0.05) is 6.54 Å². The zero-order valence-corrected chi connectivity index (χ0v) is 9.71. The number of nitrogens with one attached hydrogen (secondary N) is 1. The highest BCUT2D eigenvalue weighted by molar-refractivity contribution is 5.86.